The van der Waals surface area contributed by atoms with E-state index in [-0.39, 0.29) is 0 Å². The Kier molecular flexibility index (Phi) is 3.59. The Bertz CT molecular complexity index is 523. The molecule has 0 fully saturated rings. The molecule has 6 nitrogen and oxygen atoms in total. The van der Waals surface area contributed by atoms with E-state index in [0.29, 0.717) is 11.6 Å². The predicted molar refractivity (Wildman–Crippen MR) is 68.3 cm³/mol. The molecule has 0 aliphatic rings. The van der Waals surface area contributed by atoms with Crippen LogP contribution in [0.3, 0.4) is 0 Å². The molecule has 0 spiro atoms. The molecule has 1 aromatic heterocycles. The SMILES string of the molecule is CC(O)c1cccc(NC(=O)Nc2ncc[nH]2)c1. The summed E-state index contributed by atoms with van der Waals surface area (Å²) < 4.78 is 0. The second-order valence-corrected chi connectivity index (χ2v) is 3.82. The molecular weight excluding hydrogens is 232 g/mol. The Morgan fingerprint density at radius 3 is 2.94 bits per heavy atom. The number of rotatable bonds is 3. The minimum absolute atomic E-state index is 0.374. The molecule has 18 heavy (non-hydrogen) atoms. The number of amides is 2. The first-order valence-corrected chi connectivity index (χ1v) is 5.50. The lowest BCUT2D eigenvalue weighted by Crippen LogP contribution is -2.20. The summed E-state index contributed by atoms with van der Waals surface area (Å²) in [7, 11) is 0. The van der Waals surface area contributed by atoms with Gasteiger partial charge in [0.05, 0.1) is 6.10 Å². The number of aromatic amines is 1. The maximum Gasteiger partial charge on any atom is 0.326 e. The smallest absolute Gasteiger partial charge is 0.326 e. The molecule has 0 saturated carbocycles. The third-order valence-corrected chi connectivity index (χ3v) is 2.36. The third kappa shape index (κ3) is 3.08. The van der Waals surface area contributed by atoms with Gasteiger partial charge in [-0.15, -0.1) is 0 Å². The normalized spacial score (nSPS) is 11.9. The number of imidazole rings is 1. The molecule has 2 amide bonds. The third-order valence-electron chi connectivity index (χ3n) is 2.36. The van der Waals surface area contributed by atoms with Crippen molar-refractivity contribution in [2.45, 2.75) is 13.0 Å². The van der Waals surface area contributed by atoms with Crippen LogP contribution in [-0.4, -0.2) is 21.1 Å². The lowest BCUT2D eigenvalue weighted by atomic mass is 10.1. The molecule has 0 aliphatic heterocycles. The van der Waals surface area contributed by atoms with Crippen molar-refractivity contribution < 1.29 is 9.90 Å². The first-order valence-electron chi connectivity index (χ1n) is 5.50. The minimum atomic E-state index is -0.570. The molecule has 94 valence electrons. The standard InChI is InChI=1S/C12H14N4O2/c1-8(17)9-3-2-4-10(7-9)15-12(18)16-11-13-5-6-14-11/h2-8,17H,1H3,(H3,13,14,15,16,18). The summed E-state index contributed by atoms with van der Waals surface area (Å²) in [5, 5.41) is 14.6. The number of nitrogens with one attached hydrogen (secondary N) is 3. The number of anilines is 2. The van der Waals surface area contributed by atoms with Gasteiger partial charge in [0.25, 0.3) is 0 Å². The van der Waals surface area contributed by atoms with E-state index in [1.54, 1.807) is 43.6 Å². The number of hydrogen-bond acceptors (Lipinski definition) is 3. The number of H-pyrrole nitrogens is 1. The van der Waals surface area contributed by atoms with Crippen LogP contribution in [-0.2, 0) is 0 Å². The maximum atomic E-state index is 11.6. The van der Waals surface area contributed by atoms with Crippen LogP contribution in [0.25, 0.3) is 0 Å². The van der Waals surface area contributed by atoms with E-state index in [1.165, 1.54) is 0 Å². The average molecular weight is 246 g/mol. The van der Waals surface area contributed by atoms with E-state index >= 15 is 0 Å². The van der Waals surface area contributed by atoms with Crippen LogP contribution in [0.4, 0.5) is 16.4 Å². The van der Waals surface area contributed by atoms with Crippen LogP contribution in [0.5, 0.6) is 0 Å². The molecule has 2 aromatic rings. The fourth-order valence-corrected chi connectivity index (χ4v) is 1.48. The summed E-state index contributed by atoms with van der Waals surface area (Å²) in [6, 6.07) is 6.62. The van der Waals surface area contributed by atoms with Gasteiger partial charge in [-0.1, -0.05) is 12.1 Å². The van der Waals surface area contributed by atoms with Gasteiger partial charge in [0.1, 0.15) is 0 Å². The van der Waals surface area contributed by atoms with E-state index in [1.807, 2.05) is 0 Å². The second-order valence-electron chi connectivity index (χ2n) is 3.82. The number of aliphatic hydroxyl groups excluding tert-OH is 1. The van der Waals surface area contributed by atoms with Crippen molar-refractivity contribution in [1.82, 2.24) is 9.97 Å². The summed E-state index contributed by atoms with van der Waals surface area (Å²) in [6.07, 6.45) is 2.59. The number of aromatic nitrogens is 2. The Labute approximate surface area is 104 Å². The van der Waals surface area contributed by atoms with E-state index in [9.17, 15) is 9.90 Å². The quantitative estimate of drug-likeness (QED) is 0.668. The molecule has 6 heteroatoms. The molecule has 1 aromatic carbocycles. The van der Waals surface area contributed by atoms with Crippen molar-refractivity contribution in [3.63, 3.8) is 0 Å². The van der Waals surface area contributed by atoms with E-state index < -0.39 is 12.1 Å². The van der Waals surface area contributed by atoms with E-state index in [4.69, 9.17) is 0 Å². The van der Waals surface area contributed by atoms with Crippen molar-refractivity contribution >= 4 is 17.7 Å². The van der Waals surface area contributed by atoms with Crippen LogP contribution >= 0.6 is 0 Å². The summed E-state index contributed by atoms with van der Waals surface area (Å²) in [5.74, 6) is 0.374. The van der Waals surface area contributed by atoms with Crippen LogP contribution in [0, 0.1) is 0 Å². The fourth-order valence-electron chi connectivity index (χ4n) is 1.48. The topological polar surface area (TPSA) is 90.0 Å². The van der Waals surface area contributed by atoms with Crippen LogP contribution in [0.2, 0.25) is 0 Å². The summed E-state index contributed by atoms with van der Waals surface area (Å²) >= 11 is 0. The Morgan fingerprint density at radius 2 is 2.28 bits per heavy atom. The number of hydrogen-bond donors (Lipinski definition) is 4. The van der Waals surface area contributed by atoms with Gasteiger partial charge in [0.2, 0.25) is 5.95 Å². The molecule has 0 saturated heterocycles. The fraction of sp³-hybridized carbons (Fsp3) is 0.167. The van der Waals surface area contributed by atoms with Crippen LogP contribution < -0.4 is 10.6 Å². The van der Waals surface area contributed by atoms with Crippen molar-refractivity contribution in [2.75, 3.05) is 10.6 Å². The first-order chi connectivity index (χ1) is 8.65. The number of carbonyl (C=O) groups is 1. The van der Waals surface area contributed by atoms with Gasteiger partial charge in [-0.05, 0) is 24.6 Å². The lowest BCUT2D eigenvalue weighted by molar-refractivity contribution is 0.199. The number of nitrogens with zero attached hydrogens (tertiary/aromatic N) is 1. The molecule has 4 N–H and O–H groups in total. The minimum Gasteiger partial charge on any atom is -0.389 e. The molecular formula is C12H14N4O2. The highest BCUT2D eigenvalue weighted by molar-refractivity contribution is 5.98. The Morgan fingerprint density at radius 1 is 1.44 bits per heavy atom. The number of benzene rings is 1. The highest BCUT2D eigenvalue weighted by Gasteiger charge is 2.06. The largest absolute Gasteiger partial charge is 0.389 e. The van der Waals surface area contributed by atoms with Crippen molar-refractivity contribution in [3.8, 4) is 0 Å². The Hall–Kier alpha value is -2.34. The van der Waals surface area contributed by atoms with E-state index in [0.717, 1.165) is 5.56 Å². The second kappa shape index (κ2) is 5.33. The lowest BCUT2D eigenvalue weighted by Gasteiger charge is -2.09. The molecule has 0 radical (unpaired) electrons. The van der Waals surface area contributed by atoms with Gasteiger partial charge in [0.15, 0.2) is 0 Å². The van der Waals surface area contributed by atoms with Gasteiger partial charge in [-0.25, -0.2) is 9.78 Å². The van der Waals surface area contributed by atoms with Gasteiger partial charge in [-0.2, -0.15) is 0 Å². The predicted octanol–water partition coefficient (Wildman–Crippen LogP) is 2.11. The van der Waals surface area contributed by atoms with Gasteiger partial charge >= 0.3 is 6.03 Å². The number of aliphatic hydroxyl groups is 1. The highest BCUT2D eigenvalue weighted by atomic mass is 16.3. The maximum absolute atomic E-state index is 11.6. The van der Waals surface area contributed by atoms with Crippen LogP contribution in [0.15, 0.2) is 36.7 Å². The van der Waals surface area contributed by atoms with E-state index in [2.05, 4.69) is 20.6 Å². The van der Waals surface area contributed by atoms with Gasteiger partial charge in [-0.3, -0.25) is 5.32 Å². The molecule has 1 heterocycles. The van der Waals surface area contributed by atoms with Crippen molar-refractivity contribution in [3.05, 3.63) is 42.2 Å². The summed E-state index contributed by atoms with van der Waals surface area (Å²) in [6.45, 7) is 1.67. The first kappa shape index (κ1) is 12.1. The van der Waals surface area contributed by atoms with Crippen LogP contribution in [0.1, 0.15) is 18.6 Å². The molecule has 0 aliphatic carbocycles. The molecule has 0 bridgehead atoms. The zero-order valence-electron chi connectivity index (χ0n) is 9.84. The highest BCUT2D eigenvalue weighted by Crippen LogP contribution is 2.17. The zero-order valence-corrected chi connectivity index (χ0v) is 9.84. The van der Waals surface area contributed by atoms with Gasteiger partial charge < -0.3 is 15.4 Å². The number of urea groups is 1. The summed E-state index contributed by atoms with van der Waals surface area (Å²) in [4.78, 5) is 18.3. The zero-order chi connectivity index (χ0) is 13.0. The molecule has 2 rings (SSSR count). The molecule has 1 unspecified atom stereocenters. The summed E-state index contributed by atoms with van der Waals surface area (Å²) in [5.41, 5.74) is 1.35. The van der Waals surface area contributed by atoms with Crippen molar-refractivity contribution in [2.24, 2.45) is 0 Å². The monoisotopic (exact) mass is 246 g/mol. The van der Waals surface area contributed by atoms with Gasteiger partial charge in [0, 0.05) is 18.1 Å². The van der Waals surface area contributed by atoms with Crippen molar-refractivity contribution in [1.29, 1.82) is 0 Å². The molecule has 1 atom stereocenters. The number of carbonyl (C=O) groups excluding carboxylic acids is 1. The Balaban J connectivity index is 2.00. The average Bonchev–Trinajstić information content (AvgIpc) is 2.82.